The van der Waals surface area contributed by atoms with Crippen molar-refractivity contribution in [1.29, 1.82) is 0 Å². The summed E-state index contributed by atoms with van der Waals surface area (Å²) in [5, 5.41) is 9.47. The Kier molecular flexibility index (Phi) is 12.5. The first-order valence-corrected chi connectivity index (χ1v) is 10.2. The number of carbonyl (C=O) groups is 1. The Hall–Kier alpha value is -1.71. The van der Waals surface area contributed by atoms with Crippen molar-refractivity contribution < 1.29 is 14.3 Å². The van der Waals surface area contributed by atoms with Gasteiger partial charge in [-0.2, -0.15) is 0 Å². The van der Waals surface area contributed by atoms with E-state index >= 15 is 0 Å². The molecule has 2 rings (SSSR count). The van der Waals surface area contributed by atoms with Crippen LogP contribution in [0, 0.1) is 5.92 Å². The quantitative estimate of drug-likeness (QED) is 0.192. The van der Waals surface area contributed by atoms with Crippen LogP contribution in [-0.4, -0.2) is 45.7 Å². The maximum Gasteiger partial charge on any atom is 0.220 e. The standard InChI is InChI=1S/C21H34N4O3.HI/c1-4-22-21(24-12-11-23-20(26)14-16-7-5-6-8-16)25-15-17-9-10-18(27-2)19(13-17)28-3;/h9-10,13,16H,4-8,11-12,14-15H2,1-3H3,(H,23,26)(H2,22,24,25);1H. The lowest BCUT2D eigenvalue weighted by Crippen LogP contribution is -2.41. The van der Waals surface area contributed by atoms with E-state index in [4.69, 9.17) is 9.47 Å². The minimum absolute atomic E-state index is 0. The number of hydrogen-bond acceptors (Lipinski definition) is 4. The molecule has 0 atom stereocenters. The lowest BCUT2D eigenvalue weighted by molar-refractivity contribution is -0.121. The highest BCUT2D eigenvalue weighted by molar-refractivity contribution is 14.0. The van der Waals surface area contributed by atoms with E-state index in [2.05, 4.69) is 20.9 Å². The highest BCUT2D eigenvalue weighted by atomic mass is 127. The first-order chi connectivity index (χ1) is 13.7. The molecule has 0 radical (unpaired) electrons. The largest absolute Gasteiger partial charge is 0.493 e. The van der Waals surface area contributed by atoms with Gasteiger partial charge >= 0.3 is 0 Å². The zero-order valence-corrected chi connectivity index (χ0v) is 20.1. The molecule has 1 aliphatic carbocycles. The molecule has 1 amide bonds. The summed E-state index contributed by atoms with van der Waals surface area (Å²) in [7, 11) is 3.24. The Labute approximate surface area is 191 Å². The molecule has 164 valence electrons. The molecular formula is C21H35IN4O3. The summed E-state index contributed by atoms with van der Waals surface area (Å²) < 4.78 is 10.6. The summed E-state index contributed by atoms with van der Waals surface area (Å²) in [4.78, 5) is 16.6. The monoisotopic (exact) mass is 518 g/mol. The summed E-state index contributed by atoms with van der Waals surface area (Å²) >= 11 is 0. The van der Waals surface area contributed by atoms with E-state index in [0.717, 1.165) is 18.1 Å². The van der Waals surface area contributed by atoms with Crippen molar-refractivity contribution in [1.82, 2.24) is 16.0 Å². The Balaban J connectivity index is 0.00000420. The molecule has 3 N–H and O–H groups in total. The van der Waals surface area contributed by atoms with E-state index < -0.39 is 0 Å². The van der Waals surface area contributed by atoms with Gasteiger partial charge in [-0.3, -0.25) is 4.79 Å². The van der Waals surface area contributed by atoms with Gasteiger partial charge in [-0.1, -0.05) is 18.9 Å². The summed E-state index contributed by atoms with van der Waals surface area (Å²) in [5.41, 5.74) is 1.03. The van der Waals surface area contributed by atoms with Crippen molar-refractivity contribution in [3.05, 3.63) is 23.8 Å². The van der Waals surface area contributed by atoms with Crippen LogP contribution in [0.3, 0.4) is 0 Å². The van der Waals surface area contributed by atoms with Gasteiger partial charge < -0.3 is 25.4 Å². The number of hydrogen-bond donors (Lipinski definition) is 3. The van der Waals surface area contributed by atoms with Crippen LogP contribution in [0.25, 0.3) is 0 Å². The number of benzene rings is 1. The van der Waals surface area contributed by atoms with Crippen molar-refractivity contribution >= 4 is 35.8 Å². The zero-order valence-electron chi connectivity index (χ0n) is 17.8. The normalized spacial score (nSPS) is 14.1. The molecule has 0 aliphatic heterocycles. The fraction of sp³-hybridized carbons (Fsp3) is 0.619. The molecule has 1 aliphatic rings. The average Bonchev–Trinajstić information content (AvgIpc) is 3.21. The van der Waals surface area contributed by atoms with Gasteiger partial charge in [0, 0.05) is 26.1 Å². The lowest BCUT2D eigenvalue weighted by atomic mass is 10.0. The molecule has 1 saturated carbocycles. The van der Waals surface area contributed by atoms with Crippen molar-refractivity contribution in [3.8, 4) is 11.5 Å². The van der Waals surface area contributed by atoms with Gasteiger partial charge in [0.25, 0.3) is 0 Å². The molecular weight excluding hydrogens is 483 g/mol. The fourth-order valence-corrected chi connectivity index (χ4v) is 3.42. The van der Waals surface area contributed by atoms with Crippen LogP contribution in [0.15, 0.2) is 23.2 Å². The zero-order chi connectivity index (χ0) is 20.2. The van der Waals surface area contributed by atoms with Gasteiger partial charge in [0.2, 0.25) is 5.91 Å². The highest BCUT2D eigenvalue weighted by Gasteiger charge is 2.17. The summed E-state index contributed by atoms with van der Waals surface area (Å²) in [6.07, 6.45) is 5.58. The second-order valence-corrected chi connectivity index (χ2v) is 7.02. The topological polar surface area (TPSA) is 84.0 Å². The second kappa shape index (κ2) is 14.3. The first kappa shape index (κ1) is 25.3. The van der Waals surface area contributed by atoms with Crippen LogP contribution in [0.2, 0.25) is 0 Å². The molecule has 1 aromatic carbocycles. The number of carbonyl (C=O) groups excluding carboxylic acids is 1. The van der Waals surface area contributed by atoms with Gasteiger partial charge in [-0.25, -0.2) is 4.99 Å². The molecule has 1 aromatic rings. The predicted octanol–water partition coefficient (Wildman–Crippen LogP) is 3.07. The van der Waals surface area contributed by atoms with Gasteiger partial charge in [-0.15, -0.1) is 24.0 Å². The van der Waals surface area contributed by atoms with Crippen LogP contribution in [-0.2, 0) is 11.3 Å². The number of rotatable bonds is 10. The van der Waals surface area contributed by atoms with Crippen LogP contribution in [0.5, 0.6) is 11.5 Å². The van der Waals surface area contributed by atoms with Crippen molar-refractivity contribution in [2.45, 2.75) is 45.6 Å². The van der Waals surface area contributed by atoms with Crippen molar-refractivity contribution in [2.75, 3.05) is 33.9 Å². The third kappa shape index (κ3) is 9.10. The van der Waals surface area contributed by atoms with E-state index in [1.807, 2.05) is 25.1 Å². The molecule has 29 heavy (non-hydrogen) atoms. The average molecular weight is 518 g/mol. The van der Waals surface area contributed by atoms with Gasteiger partial charge in [-0.05, 0) is 43.4 Å². The minimum Gasteiger partial charge on any atom is -0.493 e. The number of aliphatic imine (C=N–C) groups is 1. The number of nitrogens with zero attached hydrogens (tertiary/aromatic N) is 1. The Morgan fingerprint density at radius 3 is 2.41 bits per heavy atom. The molecule has 0 aromatic heterocycles. The number of nitrogens with one attached hydrogen (secondary N) is 3. The molecule has 1 fully saturated rings. The summed E-state index contributed by atoms with van der Waals surface area (Å²) in [6, 6.07) is 5.77. The molecule has 0 heterocycles. The van der Waals surface area contributed by atoms with E-state index in [-0.39, 0.29) is 29.9 Å². The number of methoxy groups -OCH3 is 2. The SMILES string of the molecule is CCNC(=NCc1ccc(OC)c(OC)c1)NCCNC(=O)CC1CCCC1.I. The lowest BCUT2D eigenvalue weighted by Gasteiger charge is -2.13. The fourth-order valence-electron chi connectivity index (χ4n) is 3.42. The molecule has 0 spiro atoms. The number of ether oxygens (including phenoxy) is 2. The molecule has 7 nitrogen and oxygen atoms in total. The van der Waals surface area contributed by atoms with Crippen LogP contribution < -0.4 is 25.4 Å². The van der Waals surface area contributed by atoms with E-state index in [9.17, 15) is 4.79 Å². The number of amides is 1. The van der Waals surface area contributed by atoms with Gasteiger partial charge in [0.1, 0.15) is 0 Å². The van der Waals surface area contributed by atoms with Crippen LogP contribution >= 0.6 is 24.0 Å². The van der Waals surface area contributed by atoms with Crippen molar-refractivity contribution in [3.63, 3.8) is 0 Å². The predicted molar refractivity (Wildman–Crippen MR) is 127 cm³/mol. The second-order valence-electron chi connectivity index (χ2n) is 7.02. The number of guanidine groups is 1. The maximum atomic E-state index is 12.0. The summed E-state index contributed by atoms with van der Waals surface area (Å²) in [6.45, 7) is 4.53. The molecule has 0 unspecified atom stereocenters. The van der Waals surface area contributed by atoms with E-state index in [0.29, 0.717) is 43.5 Å². The van der Waals surface area contributed by atoms with E-state index in [1.165, 1.54) is 25.7 Å². The third-order valence-electron chi connectivity index (χ3n) is 4.90. The minimum atomic E-state index is 0. The maximum absolute atomic E-state index is 12.0. The van der Waals surface area contributed by atoms with Gasteiger partial charge in [0.05, 0.1) is 20.8 Å². The molecule has 0 bridgehead atoms. The Morgan fingerprint density at radius 1 is 1.07 bits per heavy atom. The van der Waals surface area contributed by atoms with Crippen LogP contribution in [0.1, 0.15) is 44.6 Å². The van der Waals surface area contributed by atoms with Gasteiger partial charge in [0.15, 0.2) is 17.5 Å². The van der Waals surface area contributed by atoms with Crippen LogP contribution in [0.4, 0.5) is 0 Å². The molecule has 0 saturated heterocycles. The van der Waals surface area contributed by atoms with E-state index in [1.54, 1.807) is 14.2 Å². The van der Waals surface area contributed by atoms with Crippen molar-refractivity contribution in [2.24, 2.45) is 10.9 Å². The number of halogens is 1. The first-order valence-electron chi connectivity index (χ1n) is 10.2. The summed E-state index contributed by atoms with van der Waals surface area (Å²) in [5.74, 6) is 2.85. The Bertz CT molecular complexity index is 649. The smallest absolute Gasteiger partial charge is 0.220 e. The molecule has 8 heteroatoms. The third-order valence-corrected chi connectivity index (χ3v) is 4.90. The highest BCUT2D eigenvalue weighted by Crippen LogP contribution is 2.28. The Morgan fingerprint density at radius 2 is 1.76 bits per heavy atom.